The van der Waals surface area contributed by atoms with Gasteiger partial charge in [-0.3, -0.25) is 0 Å². The van der Waals surface area contributed by atoms with Crippen LogP contribution in [-0.4, -0.2) is 23.3 Å². The van der Waals surface area contributed by atoms with Gasteiger partial charge in [0.2, 0.25) is 0 Å². The highest BCUT2D eigenvalue weighted by Gasteiger charge is 2.23. The van der Waals surface area contributed by atoms with Gasteiger partial charge >= 0.3 is 0 Å². The van der Waals surface area contributed by atoms with E-state index in [0.29, 0.717) is 0 Å². The summed E-state index contributed by atoms with van der Waals surface area (Å²) in [4.78, 5) is 0. The fraction of sp³-hybridized carbons (Fsp3) is 1.00. The van der Waals surface area contributed by atoms with Gasteiger partial charge < -0.3 is 5.11 Å². The summed E-state index contributed by atoms with van der Waals surface area (Å²) < 4.78 is 0. The van der Waals surface area contributed by atoms with Crippen LogP contribution in [0.25, 0.3) is 0 Å². The van der Waals surface area contributed by atoms with Gasteiger partial charge in [0.05, 0.1) is 5.85 Å². The van der Waals surface area contributed by atoms with Crippen molar-refractivity contribution in [3.05, 3.63) is 0 Å². The fourth-order valence-electron chi connectivity index (χ4n) is 3.07. The normalized spacial score (nSPS) is 17.4. The molecular formula is C19H41OP. The van der Waals surface area contributed by atoms with Crippen LogP contribution in [0.4, 0.5) is 0 Å². The van der Waals surface area contributed by atoms with Gasteiger partial charge in [0, 0.05) is 0 Å². The first-order valence-electron chi connectivity index (χ1n) is 9.54. The van der Waals surface area contributed by atoms with E-state index in [9.17, 15) is 5.11 Å². The van der Waals surface area contributed by atoms with Crippen LogP contribution in [-0.2, 0) is 0 Å². The SMILES string of the molecule is CCCCC(CC)CP(CC(CC)CCCC)C(O)CC. The van der Waals surface area contributed by atoms with Crippen LogP contribution in [0, 0.1) is 11.8 Å². The molecule has 0 aliphatic rings. The lowest BCUT2D eigenvalue weighted by Gasteiger charge is -2.30. The summed E-state index contributed by atoms with van der Waals surface area (Å²) in [7, 11) is -0.190. The fourth-order valence-corrected chi connectivity index (χ4v) is 6.43. The molecule has 1 nitrogen and oxygen atoms in total. The Bertz CT molecular complexity index is 202. The maximum atomic E-state index is 10.5. The van der Waals surface area contributed by atoms with Gasteiger partial charge in [0.1, 0.15) is 0 Å². The number of unbranched alkanes of at least 4 members (excludes halogenated alkanes) is 2. The van der Waals surface area contributed by atoms with Gasteiger partial charge in [-0.2, -0.15) is 0 Å². The summed E-state index contributed by atoms with van der Waals surface area (Å²) in [6.45, 7) is 11.4. The number of aliphatic hydroxyl groups excluding tert-OH is 1. The van der Waals surface area contributed by atoms with Gasteiger partial charge in [-0.05, 0) is 30.6 Å². The molecule has 1 N–H and O–H groups in total. The lowest BCUT2D eigenvalue weighted by molar-refractivity contribution is 0.250. The molecule has 0 radical (unpaired) electrons. The first-order chi connectivity index (χ1) is 10.1. The molecule has 2 heteroatoms. The molecule has 0 aliphatic carbocycles. The van der Waals surface area contributed by atoms with Crippen molar-refractivity contribution >= 4 is 7.92 Å². The largest absolute Gasteiger partial charge is 0.389 e. The maximum Gasteiger partial charge on any atom is 0.0728 e. The summed E-state index contributed by atoms with van der Waals surface area (Å²) in [6, 6.07) is 0. The molecule has 3 atom stereocenters. The Morgan fingerprint density at radius 2 is 1.14 bits per heavy atom. The third-order valence-electron chi connectivity index (χ3n) is 4.86. The summed E-state index contributed by atoms with van der Waals surface area (Å²) in [5.74, 6) is 1.67. The Labute approximate surface area is 136 Å². The highest BCUT2D eigenvalue weighted by Crippen LogP contribution is 2.47. The zero-order chi connectivity index (χ0) is 16.1. The highest BCUT2D eigenvalue weighted by atomic mass is 31.1. The summed E-state index contributed by atoms with van der Waals surface area (Å²) in [6.07, 6.45) is 14.2. The van der Waals surface area contributed by atoms with Crippen molar-refractivity contribution in [2.24, 2.45) is 11.8 Å². The quantitative estimate of drug-likeness (QED) is 0.357. The molecule has 0 heterocycles. The van der Waals surface area contributed by atoms with Crippen molar-refractivity contribution in [2.75, 3.05) is 12.3 Å². The standard InChI is InChI=1S/C19H41OP/c1-6-11-13-17(8-3)15-21(19(20)10-5)16-18(9-4)14-12-7-2/h17-20H,6-16H2,1-5H3. The number of rotatable bonds is 14. The van der Waals surface area contributed by atoms with Gasteiger partial charge in [0.15, 0.2) is 0 Å². The third-order valence-corrected chi connectivity index (χ3v) is 8.04. The molecule has 0 spiro atoms. The molecule has 0 bridgehead atoms. The molecule has 21 heavy (non-hydrogen) atoms. The minimum absolute atomic E-state index is 0.0219. The first kappa shape index (κ1) is 21.4. The van der Waals surface area contributed by atoms with E-state index < -0.39 is 0 Å². The average molecular weight is 317 g/mol. The minimum Gasteiger partial charge on any atom is -0.389 e. The van der Waals surface area contributed by atoms with E-state index in [1.54, 1.807) is 0 Å². The van der Waals surface area contributed by atoms with Gasteiger partial charge in [-0.15, -0.1) is 0 Å². The summed E-state index contributed by atoms with van der Waals surface area (Å²) in [5, 5.41) is 10.5. The van der Waals surface area contributed by atoms with E-state index in [4.69, 9.17) is 0 Å². The van der Waals surface area contributed by atoms with Gasteiger partial charge in [0.25, 0.3) is 0 Å². The zero-order valence-corrected chi connectivity index (χ0v) is 16.3. The third kappa shape index (κ3) is 9.90. The Morgan fingerprint density at radius 3 is 1.43 bits per heavy atom. The van der Waals surface area contributed by atoms with Gasteiger partial charge in [-0.1, -0.05) is 93.9 Å². The van der Waals surface area contributed by atoms with Crippen molar-refractivity contribution in [1.29, 1.82) is 0 Å². The van der Waals surface area contributed by atoms with Crippen molar-refractivity contribution in [3.63, 3.8) is 0 Å². The van der Waals surface area contributed by atoms with E-state index in [0.717, 1.165) is 18.3 Å². The predicted octanol–water partition coefficient (Wildman–Crippen LogP) is 6.63. The number of hydrogen-bond donors (Lipinski definition) is 1. The highest BCUT2D eigenvalue weighted by molar-refractivity contribution is 7.58. The molecule has 3 unspecified atom stereocenters. The Kier molecular flexibility index (Phi) is 14.3. The van der Waals surface area contributed by atoms with E-state index in [1.165, 1.54) is 63.7 Å². The molecule has 0 saturated heterocycles. The van der Waals surface area contributed by atoms with E-state index in [1.807, 2.05) is 0 Å². The van der Waals surface area contributed by atoms with Crippen molar-refractivity contribution < 1.29 is 5.11 Å². The van der Waals surface area contributed by atoms with Crippen LogP contribution in [0.15, 0.2) is 0 Å². The molecular weight excluding hydrogens is 275 g/mol. The second-order valence-corrected chi connectivity index (χ2v) is 9.18. The molecule has 0 rings (SSSR count). The lowest BCUT2D eigenvalue weighted by atomic mass is 10.0. The van der Waals surface area contributed by atoms with Crippen LogP contribution in [0.5, 0.6) is 0 Å². The number of aliphatic hydroxyl groups is 1. The minimum atomic E-state index is -0.190. The Morgan fingerprint density at radius 1 is 0.714 bits per heavy atom. The second kappa shape index (κ2) is 14.0. The smallest absolute Gasteiger partial charge is 0.0728 e. The van der Waals surface area contributed by atoms with Crippen molar-refractivity contribution in [3.8, 4) is 0 Å². The summed E-state index contributed by atoms with van der Waals surface area (Å²) >= 11 is 0. The van der Waals surface area contributed by atoms with E-state index in [2.05, 4.69) is 34.6 Å². The van der Waals surface area contributed by atoms with Crippen LogP contribution in [0.1, 0.15) is 92.4 Å². The second-order valence-electron chi connectivity index (χ2n) is 6.68. The van der Waals surface area contributed by atoms with Crippen molar-refractivity contribution in [1.82, 2.24) is 0 Å². The average Bonchev–Trinajstić information content (AvgIpc) is 2.52. The molecule has 128 valence electrons. The Hall–Kier alpha value is 0.390. The predicted molar refractivity (Wildman–Crippen MR) is 99.6 cm³/mol. The van der Waals surface area contributed by atoms with E-state index in [-0.39, 0.29) is 13.8 Å². The zero-order valence-electron chi connectivity index (χ0n) is 15.4. The van der Waals surface area contributed by atoms with Crippen LogP contribution in [0.3, 0.4) is 0 Å². The molecule has 0 aliphatic heterocycles. The van der Waals surface area contributed by atoms with Gasteiger partial charge in [-0.25, -0.2) is 0 Å². The molecule has 0 saturated carbocycles. The topological polar surface area (TPSA) is 20.2 Å². The monoisotopic (exact) mass is 316 g/mol. The molecule has 0 aromatic carbocycles. The van der Waals surface area contributed by atoms with E-state index >= 15 is 0 Å². The first-order valence-corrected chi connectivity index (χ1v) is 11.3. The maximum absolute atomic E-state index is 10.5. The van der Waals surface area contributed by atoms with Crippen LogP contribution in [0.2, 0.25) is 0 Å². The molecule has 0 aromatic heterocycles. The molecule has 0 amide bonds. The Balaban J connectivity index is 4.53. The van der Waals surface area contributed by atoms with Crippen molar-refractivity contribution in [2.45, 2.75) is 98.3 Å². The lowest BCUT2D eigenvalue weighted by Crippen LogP contribution is -2.17. The molecule has 0 aromatic rings. The number of hydrogen-bond acceptors (Lipinski definition) is 1. The summed E-state index contributed by atoms with van der Waals surface area (Å²) in [5.41, 5.74) is 0. The molecule has 0 fully saturated rings. The van der Waals surface area contributed by atoms with Crippen LogP contribution < -0.4 is 0 Å². The van der Waals surface area contributed by atoms with Crippen LogP contribution >= 0.6 is 7.92 Å².